The van der Waals surface area contributed by atoms with Crippen LogP contribution in [0.15, 0.2) is 36.5 Å². The van der Waals surface area contributed by atoms with E-state index in [1.54, 1.807) is 0 Å². The molecule has 0 atom stereocenters. The van der Waals surface area contributed by atoms with Gasteiger partial charge in [-0.25, -0.2) is 0 Å². The number of carbonyl (C=O) groups excluding carboxylic acids is 1. The molecule has 1 heterocycles. The molecule has 2 rings (SSSR count). The number of benzene rings is 1. The first-order chi connectivity index (χ1) is 9.58. The molecule has 0 spiro atoms. The van der Waals surface area contributed by atoms with E-state index in [0.717, 1.165) is 10.9 Å². The van der Waals surface area contributed by atoms with Gasteiger partial charge in [-0.1, -0.05) is 32.0 Å². The third-order valence-electron chi connectivity index (χ3n) is 3.93. The Morgan fingerprint density at radius 1 is 1.25 bits per heavy atom. The number of nitrogens with zero attached hydrogens (tertiary/aromatic N) is 1. The molecule has 0 aliphatic heterocycles. The first-order valence-electron chi connectivity index (χ1n) is 7.11. The van der Waals surface area contributed by atoms with Crippen LogP contribution >= 0.6 is 0 Å². The van der Waals surface area contributed by atoms with Crippen molar-refractivity contribution in [2.45, 2.75) is 38.8 Å². The number of hydrogen-bond donors (Lipinski definition) is 2. The maximum absolute atomic E-state index is 12.0. The molecule has 2 N–H and O–H groups in total. The Bertz CT molecular complexity index is 585. The van der Waals surface area contributed by atoms with Crippen LogP contribution in [0, 0.1) is 0 Å². The molecule has 0 bridgehead atoms. The third kappa shape index (κ3) is 3.20. The lowest BCUT2D eigenvalue weighted by molar-refractivity contribution is -0.123. The van der Waals surface area contributed by atoms with E-state index in [2.05, 4.69) is 5.32 Å². The van der Waals surface area contributed by atoms with E-state index >= 15 is 0 Å². The van der Waals surface area contributed by atoms with Gasteiger partial charge in [0.2, 0.25) is 5.91 Å². The van der Waals surface area contributed by atoms with Crippen molar-refractivity contribution in [3.8, 4) is 0 Å². The van der Waals surface area contributed by atoms with Crippen LogP contribution < -0.4 is 5.32 Å². The molecule has 1 amide bonds. The largest absolute Gasteiger partial charge is 0.388 e. The number of para-hydroxylation sites is 1. The molecule has 0 fully saturated rings. The molecule has 0 saturated heterocycles. The van der Waals surface area contributed by atoms with E-state index in [1.165, 1.54) is 0 Å². The molecule has 0 saturated carbocycles. The van der Waals surface area contributed by atoms with E-state index in [0.29, 0.717) is 19.4 Å². The minimum absolute atomic E-state index is 0.0771. The van der Waals surface area contributed by atoms with Gasteiger partial charge in [0.25, 0.3) is 0 Å². The Hall–Kier alpha value is -1.81. The maximum atomic E-state index is 12.0. The lowest BCUT2D eigenvalue weighted by Gasteiger charge is -2.25. The van der Waals surface area contributed by atoms with Gasteiger partial charge < -0.3 is 15.0 Å². The average molecular weight is 274 g/mol. The van der Waals surface area contributed by atoms with Crippen LogP contribution in [0.5, 0.6) is 0 Å². The van der Waals surface area contributed by atoms with Crippen LogP contribution in [0.1, 0.15) is 26.7 Å². The number of amides is 1. The minimum Gasteiger partial charge on any atom is -0.388 e. The summed E-state index contributed by atoms with van der Waals surface area (Å²) in [6.07, 6.45) is 3.18. The number of aliphatic hydroxyl groups is 1. The monoisotopic (exact) mass is 274 g/mol. The summed E-state index contributed by atoms with van der Waals surface area (Å²) >= 11 is 0. The van der Waals surface area contributed by atoms with Crippen LogP contribution in [0.3, 0.4) is 0 Å². The molecular formula is C16H22N2O2. The Labute approximate surface area is 119 Å². The van der Waals surface area contributed by atoms with E-state index in [9.17, 15) is 9.90 Å². The molecular weight excluding hydrogens is 252 g/mol. The topological polar surface area (TPSA) is 54.3 Å². The molecule has 0 unspecified atom stereocenters. The van der Waals surface area contributed by atoms with Crippen molar-refractivity contribution in [1.82, 2.24) is 9.88 Å². The van der Waals surface area contributed by atoms with Gasteiger partial charge in [0, 0.05) is 18.3 Å². The van der Waals surface area contributed by atoms with Crippen molar-refractivity contribution in [1.29, 1.82) is 0 Å². The molecule has 0 radical (unpaired) electrons. The fraction of sp³-hybridized carbons (Fsp3) is 0.438. The molecule has 20 heavy (non-hydrogen) atoms. The lowest BCUT2D eigenvalue weighted by Crippen LogP contribution is -2.43. The van der Waals surface area contributed by atoms with E-state index in [4.69, 9.17) is 0 Å². The van der Waals surface area contributed by atoms with Crippen molar-refractivity contribution in [3.63, 3.8) is 0 Å². The van der Waals surface area contributed by atoms with Crippen LogP contribution in [0.2, 0.25) is 0 Å². The predicted molar refractivity (Wildman–Crippen MR) is 80.5 cm³/mol. The number of carbonyl (C=O) groups is 1. The second-order valence-corrected chi connectivity index (χ2v) is 5.21. The molecule has 0 aliphatic rings. The predicted octanol–water partition coefficient (Wildman–Crippen LogP) is 2.31. The number of nitrogens with one attached hydrogen (secondary N) is 1. The van der Waals surface area contributed by atoms with Gasteiger partial charge >= 0.3 is 0 Å². The van der Waals surface area contributed by atoms with Crippen LogP contribution in [-0.4, -0.2) is 27.7 Å². The van der Waals surface area contributed by atoms with Gasteiger partial charge in [0.1, 0.15) is 6.54 Å². The summed E-state index contributed by atoms with van der Waals surface area (Å²) < 4.78 is 1.92. The molecule has 1 aromatic carbocycles. The Kier molecular flexibility index (Phi) is 4.45. The first-order valence-corrected chi connectivity index (χ1v) is 7.11. The zero-order chi connectivity index (χ0) is 14.6. The first kappa shape index (κ1) is 14.6. The summed E-state index contributed by atoms with van der Waals surface area (Å²) in [5, 5.41) is 14.1. The van der Waals surface area contributed by atoms with Gasteiger partial charge in [-0.15, -0.1) is 0 Å². The highest BCUT2D eigenvalue weighted by molar-refractivity contribution is 5.83. The van der Waals surface area contributed by atoms with Crippen molar-refractivity contribution in [3.05, 3.63) is 36.5 Å². The average Bonchev–Trinajstić information content (AvgIpc) is 2.88. The molecule has 4 nitrogen and oxygen atoms in total. The van der Waals surface area contributed by atoms with Crippen molar-refractivity contribution in [2.75, 3.05) is 6.54 Å². The van der Waals surface area contributed by atoms with Crippen molar-refractivity contribution in [2.24, 2.45) is 0 Å². The Morgan fingerprint density at radius 3 is 2.65 bits per heavy atom. The van der Waals surface area contributed by atoms with E-state index in [1.807, 2.05) is 54.9 Å². The fourth-order valence-electron chi connectivity index (χ4n) is 2.25. The Morgan fingerprint density at radius 2 is 1.95 bits per heavy atom. The fourth-order valence-corrected chi connectivity index (χ4v) is 2.25. The third-order valence-corrected chi connectivity index (χ3v) is 3.93. The molecule has 0 aliphatic carbocycles. The highest BCUT2D eigenvalue weighted by Crippen LogP contribution is 2.15. The maximum Gasteiger partial charge on any atom is 0.240 e. The molecule has 2 aromatic rings. The minimum atomic E-state index is -0.797. The van der Waals surface area contributed by atoms with Gasteiger partial charge in [0.15, 0.2) is 0 Å². The summed E-state index contributed by atoms with van der Waals surface area (Å²) in [7, 11) is 0. The second-order valence-electron chi connectivity index (χ2n) is 5.21. The van der Waals surface area contributed by atoms with Gasteiger partial charge in [-0.05, 0) is 30.4 Å². The normalized spacial score (nSPS) is 11.8. The summed E-state index contributed by atoms with van der Waals surface area (Å²) in [6.45, 7) is 4.43. The SMILES string of the molecule is CCC(O)(CC)CNC(=O)Cn1ccc2ccccc21. The number of fused-ring (bicyclic) bond motifs is 1. The highest BCUT2D eigenvalue weighted by Gasteiger charge is 2.22. The van der Waals surface area contributed by atoms with E-state index < -0.39 is 5.60 Å². The van der Waals surface area contributed by atoms with Gasteiger partial charge in [-0.2, -0.15) is 0 Å². The van der Waals surface area contributed by atoms with Crippen molar-refractivity contribution < 1.29 is 9.90 Å². The summed E-state index contributed by atoms with van der Waals surface area (Å²) in [4.78, 5) is 12.0. The smallest absolute Gasteiger partial charge is 0.240 e. The zero-order valence-corrected chi connectivity index (χ0v) is 12.1. The van der Waals surface area contributed by atoms with Gasteiger partial charge in [0.05, 0.1) is 5.60 Å². The zero-order valence-electron chi connectivity index (χ0n) is 12.1. The number of hydrogen-bond acceptors (Lipinski definition) is 2. The van der Waals surface area contributed by atoms with E-state index in [-0.39, 0.29) is 12.5 Å². The molecule has 108 valence electrons. The van der Waals surface area contributed by atoms with Crippen molar-refractivity contribution >= 4 is 16.8 Å². The van der Waals surface area contributed by atoms with Gasteiger partial charge in [-0.3, -0.25) is 4.79 Å². The number of aromatic nitrogens is 1. The van der Waals surface area contributed by atoms with Crippen LogP contribution in [-0.2, 0) is 11.3 Å². The summed E-state index contributed by atoms with van der Waals surface area (Å²) in [6, 6.07) is 9.96. The Balaban J connectivity index is 1.98. The summed E-state index contributed by atoms with van der Waals surface area (Å²) in [5.41, 5.74) is 0.248. The van der Waals surface area contributed by atoms with Crippen LogP contribution in [0.4, 0.5) is 0 Å². The summed E-state index contributed by atoms with van der Waals surface area (Å²) in [5.74, 6) is -0.0771. The lowest BCUT2D eigenvalue weighted by atomic mass is 9.98. The second kappa shape index (κ2) is 6.09. The molecule has 1 aromatic heterocycles. The van der Waals surface area contributed by atoms with Crippen LogP contribution in [0.25, 0.3) is 10.9 Å². The molecule has 4 heteroatoms. The quantitative estimate of drug-likeness (QED) is 0.849. The standard InChI is InChI=1S/C16H22N2O2/c1-3-16(20,4-2)12-17-15(19)11-18-10-9-13-7-5-6-8-14(13)18/h5-10,20H,3-4,11-12H2,1-2H3,(H,17,19). The number of rotatable bonds is 6. The highest BCUT2D eigenvalue weighted by atomic mass is 16.3.